The fourth-order valence-electron chi connectivity index (χ4n) is 1.25. The van der Waals surface area contributed by atoms with E-state index in [0.717, 1.165) is 6.42 Å². The smallest absolute Gasteiger partial charge is 0.407 e. The van der Waals surface area contributed by atoms with Crippen LogP contribution in [0.15, 0.2) is 0 Å². The van der Waals surface area contributed by atoms with Crippen LogP contribution in [0, 0.1) is 0 Å². The van der Waals surface area contributed by atoms with Crippen molar-refractivity contribution in [1.29, 1.82) is 0 Å². The van der Waals surface area contributed by atoms with Crippen molar-refractivity contribution in [2.75, 3.05) is 19.8 Å². The molecule has 1 fully saturated rings. The fraction of sp³-hybridized carbons (Fsp3) is 0.875. The lowest BCUT2D eigenvalue weighted by Gasteiger charge is -2.15. The van der Waals surface area contributed by atoms with E-state index in [1.54, 1.807) is 0 Å². The zero-order valence-corrected chi connectivity index (χ0v) is 7.66. The van der Waals surface area contributed by atoms with Crippen molar-refractivity contribution in [1.82, 2.24) is 5.32 Å². The Bertz CT molecular complexity index is 174. The molecule has 0 aromatic rings. The monoisotopic (exact) mass is 189 g/mol. The Morgan fingerprint density at radius 1 is 1.77 bits per heavy atom. The molecule has 0 aromatic carbocycles. The van der Waals surface area contributed by atoms with Gasteiger partial charge in [-0.3, -0.25) is 0 Å². The van der Waals surface area contributed by atoms with Gasteiger partial charge in [0.25, 0.3) is 0 Å². The van der Waals surface area contributed by atoms with Gasteiger partial charge in [0.05, 0.1) is 18.8 Å². The Kier molecular flexibility index (Phi) is 3.98. The third-order valence-electron chi connectivity index (χ3n) is 2.00. The second kappa shape index (κ2) is 5.04. The van der Waals surface area contributed by atoms with E-state index in [9.17, 15) is 4.79 Å². The lowest BCUT2D eigenvalue weighted by molar-refractivity contribution is 0.0970. The van der Waals surface area contributed by atoms with Gasteiger partial charge in [-0.2, -0.15) is 0 Å². The average molecular weight is 189 g/mol. The van der Waals surface area contributed by atoms with Gasteiger partial charge in [-0.15, -0.1) is 0 Å². The van der Waals surface area contributed by atoms with E-state index in [1.165, 1.54) is 0 Å². The van der Waals surface area contributed by atoms with Crippen molar-refractivity contribution < 1.29 is 19.4 Å². The molecule has 2 atom stereocenters. The minimum atomic E-state index is -0.489. The van der Waals surface area contributed by atoms with Crippen molar-refractivity contribution in [2.45, 2.75) is 25.5 Å². The first kappa shape index (κ1) is 10.3. The lowest BCUT2D eigenvalue weighted by atomic mass is 10.2. The van der Waals surface area contributed by atoms with E-state index in [4.69, 9.17) is 9.84 Å². The molecule has 2 unspecified atom stereocenters. The Balaban J connectivity index is 2.19. The normalized spacial score (nSPS) is 27.2. The van der Waals surface area contributed by atoms with Crippen LogP contribution < -0.4 is 5.32 Å². The molecule has 0 saturated carbocycles. The standard InChI is InChI=1S/C8H15NO4/c1-6-7(2-4-12-6)9-8(11)13-5-3-10/h6-7,10H,2-5H2,1H3,(H,9,11). The number of carbonyl (C=O) groups excluding carboxylic acids is 1. The van der Waals surface area contributed by atoms with Crippen LogP contribution >= 0.6 is 0 Å². The van der Waals surface area contributed by atoms with Gasteiger partial charge in [0.2, 0.25) is 0 Å². The maximum Gasteiger partial charge on any atom is 0.407 e. The van der Waals surface area contributed by atoms with Gasteiger partial charge in [-0.1, -0.05) is 0 Å². The Morgan fingerprint density at radius 2 is 2.54 bits per heavy atom. The third kappa shape index (κ3) is 3.20. The molecule has 5 nitrogen and oxygen atoms in total. The van der Waals surface area contributed by atoms with E-state index >= 15 is 0 Å². The summed E-state index contributed by atoms with van der Waals surface area (Å²) in [5, 5.41) is 11.1. The SMILES string of the molecule is CC1OCCC1NC(=O)OCCO. The zero-order valence-electron chi connectivity index (χ0n) is 7.66. The Labute approximate surface area is 77.0 Å². The summed E-state index contributed by atoms with van der Waals surface area (Å²) in [6.07, 6.45) is 0.369. The van der Waals surface area contributed by atoms with Crippen molar-refractivity contribution >= 4 is 6.09 Å². The summed E-state index contributed by atoms with van der Waals surface area (Å²) in [6.45, 7) is 2.47. The summed E-state index contributed by atoms with van der Waals surface area (Å²) in [6, 6.07) is 0.0335. The maximum absolute atomic E-state index is 11.0. The second-order valence-corrected chi connectivity index (χ2v) is 2.97. The van der Waals surface area contributed by atoms with Crippen molar-refractivity contribution in [3.8, 4) is 0 Å². The number of alkyl carbamates (subject to hydrolysis) is 1. The molecule has 1 amide bonds. The van der Waals surface area contributed by atoms with E-state index in [-0.39, 0.29) is 25.4 Å². The zero-order chi connectivity index (χ0) is 9.68. The molecule has 76 valence electrons. The van der Waals surface area contributed by atoms with E-state index in [0.29, 0.717) is 6.61 Å². The number of aliphatic hydroxyl groups excluding tert-OH is 1. The molecule has 1 rings (SSSR count). The topological polar surface area (TPSA) is 67.8 Å². The molecule has 2 N–H and O–H groups in total. The van der Waals surface area contributed by atoms with E-state index in [1.807, 2.05) is 6.92 Å². The van der Waals surface area contributed by atoms with Crippen LogP contribution in [0.3, 0.4) is 0 Å². The van der Waals surface area contributed by atoms with Gasteiger partial charge in [0.15, 0.2) is 0 Å². The first-order valence-corrected chi connectivity index (χ1v) is 4.40. The number of hydrogen-bond donors (Lipinski definition) is 2. The van der Waals surface area contributed by atoms with Crippen LogP contribution in [0.1, 0.15) is 13.3 Å². The average Bonchev–Trinajstić information content (AvgIpc) is 2.48. The lowest BCUT2D eigenvalue weighted by Crippen LogP contribution is -2.39. The van der Waals surface area contributed by atoms with E-state index < -0.39 is 6.09 Å². The molecule has 13 heavy (non-hydrogen) atoms. The summed E-state index contributed by atoms with van der Waals surface area (Å²) >= 11 is 0. The van der Waals surface area contributed by atoms with E-state index in [2.05, 4.69) is 10.1 Å². The van der Waals surface area contributed by atoms with Crippen LogP contribution in [0.4, 0.5) is 4.79 Å². The summed E-state index contributed by atoms with van der Waals surface area (Å²) in [7, 11) is 0. The van der Waals surface area contributed by atoms with Crippen LogP contribution in [0.25, 0.3) is 0 Å². The number of nitrogens with one attached hydrogen (secondary N) is 1. The van der Waals surface area contributed by atoms with Gasteiger partial charge in [0.1, 0.15) is 6.61 Å². The number of rotatable bonds is 3. The first-order valence-electron chi connectivity index (χ1n) is 4.40. The molecule has 1 aliphatic heterocycles. The summed E-state index contributed by atoms with van der Waals surface area (Å²) in [4.78, 5) is 11.0. The number of aliphatic hydroxyl groups is 1. The molecule has 1 saturated heterocycles. The van der Waals surface area contributed by atoms with Crippen LogP contribution in [-0.2, 0) is 9.47 Å². The van der Waals surface area contributed by atoms with Gasteiger partial charge in [-0.05, 0) is 13.3 Å². The Hall–Kier alpha value is -0.810. The molecule has 5 heteroatoms. The number of amides is 1. The molecule has 1 heterocycles. The van der Waals surface area contributed by atoms with Crippen molar-refractivity contribution in [3.05, 3.63) is 0 Å². The van der Waals surface area contributed by atoms with Gasteiger partial charge < -0.3 is 19.9 Å². The Morgan fingerprint density at radius 3 is 3.08 bits per heavy atom. The van der Waals surface area contributed by atoms with Gasteiger partial charge in [-0.25, -0.2) is 4.79 Å². The molecule has 0 aromatic heterocycles. The quantitative estimate of drug-likeness (QED) is 0.649. The fourth-order valence-corrected chi connectivity index (χ4v) is 1.25. The summed E-state index contributed by atoms with van der Waals surface area (Å²) in [5.41, 5.74) is 0. The van der Waals surface area contributed by atoms with Crippen LogP contribution in [0.2, 0.25) is 0 Å². The highest BCUT2D eigenvalue weighted by Gasteiger charge is 2.25. The predicted octanol–water partition coefficient (Wildman–Crippen LogP) is -0.118. The number of hydrogen-bond acceptors (Lipinski definition) is 4. The first-order chi connectivity index (χ1) is 6.24. The molecule has 1 aliphatic rings. The minimum absolute atomic E-state index is 0.0335. The predicted molar refractivity (Wildman–Crippen MR) is 45.4 cm³/mol. The highest BCUT2D eigenvalue weighted by atomic mass is 16.6. The maximum atomic E-state index is 11.0. The number of carbonyl (C=O) groups is 1. The third-order valence-corrected chi connectivity index (χ3v) is 2.00. The highest BCUT2D eigenvalue weighted by Crippen LogP contribution is 2.12. The van der Waals surface area contributed by atoms with Crippen LogP contribution in [-0.4, -0.2) is 43.2 Å². The van der Waals surface area contributed by atoms with Crippen molar-refractivity contribution in [2.24, 2.45) is 0 Å². The molecule has 0 aliphatic carbocycles. The van der Waals surface area contributed by atoms with Gasteiger partial charge in [0, 0.05) is 6.61 Å². The highest BCUT2D eigenvalue weighted by molar-refractivity contribution is 5.67. The summed E-state index contributed by atoms with van der Waals surface area (Å²) < 4.78 is 9.90. The molecule has 0 spiro atoms. The summed E-state index contributed by atoms with van der Waals surface area (Å²) in [5.74, 6) is 0. The second-order valence-electron chi connectivity index (χ2n) is 2.97. The minimum Gasteiger partial charge on any atom is -0.447 e. The molecule has 0 radical (unpaired) electrons. The largest absolute Gasteiger partial charge is 0.447 e. The molecular formula is C8H15NO4. The van der Waals surface area contributed by atoms with Crippen molar-refractivity contribution in [3.63, 3.8) is 0 Å². The number of ether oxygens (including phenoxy) is 2. The molecule has 0 bridgehead atoms. The van der Waals surface area contributed by atoms with Crippen LogP contribution in [0.5, 0.6) is 0 Å². The molecular weight excluding hydrogens is 174 g/mol. The van der Waals surface area contributed by atoms with Gasteiger partial charge >= 0.3 is 6.09 Å².